The molecule has 0 saturated carbocycles. The summed E-state index contributed by atoms with van der Waals surface area (Å²) in [4.78, 5) is 4.21. The molecule has 18 heavy (non-hydrogen) atoms. The highest BCUT2D eigenvalue weighted by molar-refractivity contribution is 9.10. The highest BCUT2D eigenvalue weighted by atomic mass is 79.9. The van der Waals surface area contributed by atoms with Crippen LogP contribution in [0.5, 0.6) is 0 Å². The Morgan fingerprint density at radius 1 is 1.39 bits per heavy atom. The van der Waals surface area contributed by atoms with Crippen molar-refractivity contribution >= 4 is 15.9 Å². The normalized spacial score (nSPS) is 10.9. The van der Waals surface area contributed by atoms with Crippen LogP contribution in [0.15, 0.2) is 22.9 Å². The Balaban J connectivity index is 2.46. The number of hydrogen-bond donors (Lipinski definition) is 1. The van der Waals surface area contributed by atoms with E-state index in [-0.39, 0.29) is 0 Å². The summed E-state index contributed by atoms with van der Waals surface area (Å²) in [5.74, 6) is 0. The van der Waals surface area contributed by atoms with Crippen LogP contribution in [-0.4, -0.2) is 21.3 Å². The van der Waals surface area contributed by atoms with E-state index in [9.17, 15) is 0 Å². The maximum Gasteiger partial charge on any atom is 0.0877 e. The van der Waals surface area contributed by atoms with Crippen LogP contribution in [-0.2, 0) is 6.54 Å². The Labute approximate surface area is 116 Å². The number of nitrogens with zero attached hydrogens (tertiary/aromatic N) is 3. The van der Waals surface area contributed by atoms with Crippen LogP contribution in [0.3, 0.4) is 0 Å². The van der Waals surface area contributed by atoms with E-state index in [1.54, 1.807) is 0 Å². The van der Waals surface area contributed by atoms with Crippen LogP contribution >= 0.6 is 15.9 Å². The van der Waals surface area contributed by atoms with E-state index in [1.165, 1.54) is 5.56 Å². The van der Waals surface area contributed by atoms with Crippen LogP contribution in [0.1, 0.15) is 23.9 Å². The zero-order valence-corrected chi connectivity index (χ0v) is 12.5. The molecule has 0 aromatic carbocycles. The highest BCUT2D eigenvalue weighted by Crippen LogP contribution is 2.24. The first-order chi connectivity index (χ1) is 8.65. The number of pyridine rings is 1. The first-order valence-corrected chi connectivity index (χ1v) is 6.80. The fraction of sp³-hybridized carbons (Fsp3) is 0.385. The van der Waals surface area contributed by atoms with Gasteiger partial charge in [0.15, 0.2) is 0 Å². The van der Waals surface area contributed by atoms with E-state index in [0.717, 1.165) is 34.6 Å². The van der Waals surface area contributed by atoms with E-state index in [4.69, 9.17) is 0 Å². The molecule has 0 aliphatic rings. The van der Waals surface area contributed by atoms with Crippen molar-refractivity contribution in [2.75, 3.05) is 6.54 Å². The van der Waals surface area contributed by atoms with E-state index in [1.807, 2.05) is 37.0 Å². The maximum atomic E-state index is 4.55. The van der Waals surface area contributed by atoms with Crippen molar-refractivity contribution in [3.63, 3.8) is 0 Å². The summed E-state index contributed by atoms with van der Waals surface area (Å²) < 4.78 is 3.00. The molecule has 0 aliphatic heterocycles. The standard InChI is InChI=1S/C13H17BrN4/c1-4-15-7-11-5-6-16-8-12(11)18-10(3)13(14)9(2)17-18/h5-6,8,15H,4,7H2,1-3H3. The lowest BCUT2D eigenvalue weighted by atomic mass is 10.2. The van der Waals surface area contributed by atoms with Crippen molar-refractivity contribution in [1.82, 2.24) is 20.1 Å². The lowest BCUT2D eigenvalue weighted by Gasteiger charge is -2.10. The summed E-state index contributed by atoms with van der Waals surface area (Å²) in [7, 11) is 0. The third-order valence-electron chi connectivity index (χ3n) is 2.88. The minimum absolute atomic E-state index is 0.824. The number of rotatable bonds is 4. The molecular weight excluding hydrogens is 292 g/mol. The zero-order valence-electron chi connectivity index (χ0n) is 10.9. The van der Waals surface area contributed by atoms with Gasteiger partial charge in [0.25, 0.3) is 0 Å². The van der Waals surface area contributed by atoms with Gasteiger partial charge in [-0.15, -0.1) is 0 Å². The smallest absolute Gasteiger partial charge is 0.0877 e. The second-order valence-corrected chi connectivity index (χ2v) is 4.97. The van der Waals surface area contributed by atoms with Gasteiger partial charge in [0.05, 0.1) is 27.7 Å². The van der Waals surface area contributed by atoms with E-state index >= 15 is 0 Å². The van der Waals surface area contributed by atoms with Gasteiger partial charge in [-0.1, -0.05) is 6.92 Å². The second kappa shape index (κ2) is 5.63. The van der Waals surface area contributed by atoms with Gasteiger partial charge in [0.1, 0.15) is 0 Å². The Hall–Kier alpha value is -1.20. The van der Waals surface area contributed by atoms with Crippen LogP contribution < -0.4 is 5.32 Å². The van der Waals surface area contributed by atoms with Gasteiger partial charge in [0, 0.05) is 12.7 Å². The lowest BCUT2D eigenvalue weighted by Crippen LogP contribution is -2.14. The average Bonchev–Trinajstić information content (AvgIpc) is 2.64. The molecule has 0 bridgehead atoms. The van der Waals surface area contributed by atoms with Gasteiger partial charge in [-0.25, -0.2) is 4.68 Å². The predicted molar refractivity (Wildman–Crippen MR) is 75.9 cm³/mol. The number of aromatic nitrogens is 3. The monoisotopic (exact) mass is 308 g/mol. The molecular formula is C13H17BrN4. The molecule has 4 nitrogen and oxygen atoms in total. The first kappa shape index (κ1) is 13.2. The topological polar surface area (TPSA) is 42.7 Å². The largest absolute Gasteiger partial charge is 0.313 e. The number of halogens is 1. The van der Waals surface area contributed by atoms with Gasteiger partial charge in [0.2, 0.25) is 0 Å². The van der Waals surface area contributed by atoms with Crippen LogP contribution in [0.2, 0.25) is 0 Å². The molecule has 2 aromatic heterocycles. The molecule has 0 radical (unpaired) electrons. The molecule has 2 aromatic rings. The number of hydrogen-bond acceptors (Lipinski definition) is 3. The minimum atomic E-state index is 0.824. The van der Waals surface area contributed by atoms with Crippen molar-refractivity contribution in [2.45, 2.75) is 27.3 Å². The number of aryl methyl sites for hydroxylation is 1. The predicted octanol–water partition coefficient (Wildman–Crippen LogP) is 2.76. The van der Waals surface area contributed by atoms with Crippen molar-refractivity contribution < 1.29 is 0 Å². The number of nitrogens with one attached hydrogen (secondary N) is 1. The quantitative estimate of drug-likeness (QED) is 0.944. The fourth-order valence-electron chi connectivity index (χ4n) is 1.87. The van der Waals surface area contributed by atoms with Gasteiger partial charge in [-0.3, -0.25) is 4.98 Å². The molecule has 0 spiro atoms. The molecule has 0 aliphatic carbocycles. The Kier molecular flexibility index (Phi) is 4.14. The van der Waals surface area contributed by atoms with Gasteiger partial charge in [-0.05, 0) is 48.0 Å². The van der Waals surface area contributed by atoms with Crippen molar-refractivity contribution in [1.29, 1.82) is 0 Å². The third-order valence-corrected chi connectivity index (χ3v) is 4.03. The molecule has 2 rings (SSSR count). The maximum absolute atomic E-state index is 4.55. The van der Waals surface area contributed by atoms with E-state index < -0.39 is 0 Å². The van der Waals surface area contributed by atoms with Crippen LogP contribution in [0, 0.1) is 13.8 Å². The molecule has 2 heterocycles. The summed E-state index contributed by atoms with van der Waals surface area (Å²) in [6.45, 7) is 7.91. The average molecular weight is 309 g/mol. The molecule has 0 amide bonds. The molecule has 96 valence electrons. The van der Waals surface area contributed by atoms with Crippen molar-refractivity contribution in [3.8, 4) is 5.69 Å². The molecule has 0 unspecified atom stereocenters. The first-order valence-electron chi connectivity index (χ1n) is 6.00. The van der Waals surface area contributed by atoms with Crippen LogP contribution in [0.25, 0.3) is 5.69 Å². The van der Waals surface area contributed by atoms with Crippen molar-refractivity contribution in [2.24, 2.45) is 0 Å². The van der Waals surface area contributed by atoms with E-state index in [2.05, 4.69) is 38.3 Å². The fourth-order valence-corrected chi connectivity index (χ4v) is 2.12. The molecule has 1 N–H and O–H groups in total. The van der Waals surface area contributed by atoms with Gasteiger partial charge in [-0.2, -0.15) is 5.10 Å². The summed E-state index contributed by atoms with van der Waals surface area (Å²) in [6.07, 6.45) is 3.68. The zero-order chi connectivity index (χ0) is 13.1. The van der Waals surface area contributed by atoms with Gasteiger partial charge < -0.3 is 5.32 Å². The highest BCUT2D eigenvalue weighted by Gasteiger charge is 2.13. The summed E-state index contributed by atoms with van der Waals surface area (Å²) >= 11 is 3.56. The summed E-state index contributed by atoms with van der Waals surface area (Å²) in [5, 5.41) is 7.89. The van der Waals surface area contributed by atoms with E-state index in [0.29, 0.717) is 0 Å². The second-order valence-electron chi connectivity index (χ2n) is 4.18. The SMILES string of the molecule is CCNCc1ccncc1-n1nc(C)c(Br)c1C. The minimum Gasteiger partial charge on any atom is -0.313 e. The Bertz CT molecular complexity index is 548. The Morgan fingerprint density at radius 3 is 2.78 bits per heavy atom. The van der Waals surface area contributed by atoms with Gasteiger partial charge >= 0.3 is 0 Å². The molecule has 0 atom stereocenters. The van der Waals surface area contributed by atoms with Crippen LogP contribution in [0.4, 0.5) is 0 Å². The summed E-state index contributed by atoms with van der Waals surface area (Å²) in [5.41, 5.74) is 4.32. The molecule has 0 fully saturated rings. The Morgan fingerprint density at radius 2 is 2.17 bits per heavy atom. The lowest BCUT2D eigenvalue weighted by molar-refractivity contribution is 0.711. The third kappa shape index (κ3) is 2.47. The van der Waals surface area contributed by atoms with Crippen molar-refractivity contribution in [3.05, 3.63) is 39.9 Å². The molecule has 5 heteroatoms. The summed E-state index contributed by atoms with van der Waals surface area (Å²) in [6, 6.07) is 2.03. The molecule has 0 saturated heterocycles.